The molecule has 1 heterocycles. The molecule has 1 fully saturated rings. The summed E-state index contributed by atoms with van der Waals surface area (Å²) in [7, 11) is 1.91. The van der Waals surface area contributed by atoms with E-state index in [-0.39, 0.29) is 11.5 Å². The minimum absolute atomic E-state index is 0.218. The molecule has 0 aliphatic heterocycles. The van der Waals surface area contributed by atoms with E-state index < -0.39 is 0 Å². The zero-order valence-electron chi connectivity index (χ0n) is 7.65. The van der Waals surface area contributed by atoms with E-state index in [1.807, 2.05) is 7.05 Å². The summed E-state index contributed by atoms with van der Waals surface area (Å²) >= 11 is 0. The Morgan fingerprint density at radius 1 is 1.58 bits per heavy atom. The number of nitrogens with two attached hydrogens (primary N) is 1. The van der Waals surface area contributed by atoms with Crippen LogP contribution in [-0.4, -0.2) is 21.0 Å². The van der Waals surface area contributed by atoms with Gasteiger partial charge in [0.25, 0.3) is 0 Å². The van der Waals surface area contributed by atoms with Gasteiger partial charge in [0.05, 0.1) is 11.9 Å². The standard InChI is InChI=1S/C8H14N4/c1-8(2)6(7(8)9)5-4-10-11-12(5)3/h4,6-7H,9H2,1-3H3. The van der Waals surface area contributed by atoms with Crippen molar-refractivity contribution in [3.05, 3.63) is 11.9 Å². The van der Waals surface area contributed by atoms with Crippen LogP contribution < -0.4 is 5.73 Å². The van der Waals surface area contributed by atoms with E-state index in [1.165, 1.54) is 0 Å². The van der Waals surface area contributed by atoms with Crippen LogP contribution in [-0.2, 0) is 7.05 Å². The van der Waals surface area contributed by atoms with Gasteiger partial charge in [-0.15, -0.1) is 5.10 Å². The van der Waals surface area contributed by atoms with Gasteiger partial charge in [0, 0.05) is 19.0 Å². The average molecular weight is 166 g/mol. The molecule has 0 saturated heterocycles. The van der Waals surface area contributed by atoms with Gasteiger partial charge in [0.1, 0.15) is 0 Å². The van der Waals surface area contributed by atoms with Gasteiger partial charge in [-0.3, -0.25) is 4.68 Å². The zero-order chi connectivity index (χ0) is 8.93. The molecule has 2 atom stereocenters. The minimum Gasteiger partial charge on any atom is -0.327 e. The Bertz CT molecular complexity index is 302. The fourth-order valence-electron chi connectivity index (χ4n) is 1.82. The lowest BCUT2D eigenvalue weighted by atomic mass is 10.1. The van der Waals surface area contributed by atoms with E-state index in [0.29, 0.717) is 5.92 Å². The summed E-state index contributed by atoms with van der Waals surface area (Å²) in [6, 6.07) is 0.259. The van der Waals surface area contributed by atoms with Crippen molar-refractivity contribution in [2.75, 3.05) is 0 Å². The largest absolute Gasteiger partial charge is 0.327 e. The Hall–Kier alpha value is -0.900. The van der Waals surface area contributed by atoms with Crippen LogP contribution in [0.3, 0.4) is 0 Å². The van der Waals surface area contributed by atoms with Crippen molar-refractivity contribution in [3.63, 3.8) is 0 Å². The molecule has 1 saturated carbocycles. The number of rotatable bonds is 1. The third kappa shape index (κ3) is 0.813. The Morgan fingerprint density at radius 2 is 2.17 bits per heavy atom. The summed E-state index contributed by atoms with van der Waals surface area (Å²) < 4.78 is 1.80. The quantitative estimate of drug-likeness (QED) is 0.651. The molecule has 12 heavy (non-hydrogen) atoms. The first-order valence-corrected chi connectivity index (χ1v) is 4.15. The lowest BCUT2D eigenvalue weighted by molar-refractivity contribution is 0.579. The van der Waals surface area contributed by atoms with Gasteiger partial charge in [0.15, 0.2) is 0 Å². The molecule has 66 valence electrons. The lowest BCUT2D eigenvalue weighted by Crippen LogP contribution is -2.07. The van der Waals surface area contributed by atoms with Gasteiger partial charge in [-0.1, -0.05) is 19.1 Å². The molecule has 2 rings (SSSR count). The smallest absolute Gasteiger partial charge is 0.0728 e. The van der Waals surface area contributed by atoms with E-state index in [4.69, 9.17) is 5.73 Å². The van der Waals surface area contributed by atoms with Crippen LogP contribution in [0.15, 0.2) is 6.20 Å². The van der Waals surface area contributed by atoms with E-state index in [2.05, 4.69) is 24.2 Å². The predicted octanol–water partition coefficient (Wildman–Crippen LogP) is 0.266. The average Bonchev–Trinajstić information content (AvgIpc) is 2.39. The van der Waals surface area contributed by atoms with Crippen LogP contribution in [0.2, 0.25) is 0 Å². The second-order valence-electron chi connectivity index (χ2n) is 4.11. The molecule has 1 aliphatic rings. The van der Waals surface area contributed by atoms with Crippen molar-refractivity contribution in [1.82, 2.24) is 15.0 Å². The molecule has 0 spiro atoms. The summed E-state index contributed by atoms with van der Waals surface area (Å²) in [5.41, 5.74) is 7.30. The molecule has 4 heteroatoms. The number of hydrogen-bond acceptors (Lipinski definition) is 3. The van der Waals surface area contributed by atoms with Gasteiger partial charge >= 0.3 is 0 Å². The van der Waals surface area contributed by atoms with Crippen LogP contribution in [0.25, 0.3) is 0 Å². The van der Waals surface area contributed by atoms with Crippen molar-refractivity contribution in [2.24, 2.45) is 18.2 Å². The molecule has 1 aliphatic carbocycles. The fourth-order valence-corrected chi connectivity index (χ4v) is 1.82. The molecule has 0 bridgehead atoms. The van der Waals surface area contributed by atoms with Crippen LogP contribution in [0.5, 0.6) is 0 Å². The highest BCUT2D eigenvalue weighted by molar-refractivity contribution is 5.27. The van der Waals surface area contributed by atoms with Crippen molar-refractivity contribution in [3.8, 4) is 0 Å². The first-order valence-electron chi connectivity index (χ1n) is 4.15. The molecule has 2 unspecified atom stereocenters. The topological polar surface area (TPSA) is 56.7 Å². The molecule has 0 amide bonds. The van der Waals surface area contributed by atoms with E-state index >= 15 is 0 Å². The van der Waals surface area contributed by atoms with Gasteiger partial charge < -0.3 is 5.73 Å². The Morgan fingerprint density at radius 3 is 2.50 bits per heavy atom. The maximum atomic E-state index is 5.94. The second-order valence-corrected chi connectivity index (χ2v) is 4.11. The molecule has 2 N–H and O–H groups in total. The highest BCUT2D eigenvalue weighted by Gasteiger charge is 2.57. The highest BCUT2D eigenvalue weighted by Crippen LogP contribution is 2.56. The maximum Gasteiger partial charge on any atom is 0.0728 e. The number of nitrogens with zero attached hydrogens (tertiary/aromatic N) is 3. The molecular weight excluding hydrogens is 152 g/mol. The number of aryl methyl sites for hydroxylation is 1. The Balaban J connectivity index is 2.30. The minimum atomic E-state index is 0.218. The lowest BCUT2D eigenvalue weighted by Gasteiger charge is -2.00. The van der Waals surface area contributed by atoms with Gasteiger partial charge in [0.2, 0.25) is 0 Å². The molecule has 1 aromatic heterocycles. The van der Waals surface area contributed by atoms with Crippen LogP contribution in [0, 0.1) is 5.41 Å². The second kappa shape index (κ2) is 2.07. The summed E-state index contributed by atoms with van der Waals surface area (Å²) in [4.78, 5) is 0. The summed E-state index contributed by atoms with van der Waals surface area (Å²) in [6.07, 6.45) is 1.80. The third-order valence-corrected chi connectivity index (χ3v) is 2.98. The van der Waals surface area contributed by atoms with Crippen LogP contribution in [0.1, 0.15) is 25.5 Å². The Kier molecular flexibility index (Phi) is 1.33. The van der Waals surface area contributed by atoms with Gasteiger partial charge in [-0.2, -0.15) is 0 Å². The zero-order valence-corrected chi connectivity index (χ0v) is 7.65. The summed E-state index contributed by atoms with van der Waals surface area (Å²) in [5, 5.41) is 7.73. The Labute approximate surface area is 71.8 Å². The van der Waals surface area contributed by atoms with Gasteiger partial charge in [-0.25, -0.2) is 0 Å². The van der Waals surface area contributed by atoms with Crippen molar-refractivity contribution in [2.45, 2.75) is 25.8 Å². The number of hydrogen-bond donors (Lipinski definition) is 1. The summed E-state index contributed by atoms with van der Waals surface area (Å²) in [6.45, 7) is 4.35. The maximum absolute atomic E-state index is 5.94. The molecule has 1 aromatic rings. The van der Waals surface area contributed by atoms with E-state index in [9.17, 15) is 0 Å². The predicted molar refractivity (Wildman–Crippen MR) is 45.5 cm³/mol. The third-order valence-electron chi connectivity index (χ3n) is 2.98. The monoisotopic (exact) mass is 166 g/mol. The van der Waals surface area contributed by atoms with Crippen LogP contribution in [0.4, 0.5) is 0 Å². The molecular formula is C8H14N4. The van der Waals surface area contributed by atoms with Crippen molar-refractivity contribution < 1.29 is 0 Å². The fraction of sp³-hybridized carbons (Fsp3) is 0.750. The molecule has 4 nitrogen and oxygen atoms in total. The van der Waals surface area contributed by atoms with Crippen LogP contribution >= 0.6 is 0 Å². The number of aromatic nitrogens is 3. The normalized spacial score (nSPS) is 32.0. The first kappa shape index (κ1) is 7.73. The SMILES string of the molecule is Cn1nncc1C1C(N)C1(C)C. The highest BCUT2D eigenvalue weighted by atomic mass is 15.4. The van der Waals surface area contributed by atoms with Crippen molar-refractivity contribution in [1.29, 1.82) is 0 Å². The van der Waals surface area contributed by atoms with E-state index in [0.717, 1.165) is 5.69 Å². The molecule has 0 aromatic carbocycles. The summed E-state index contributed by atoms with van der Waals surface area (Å²) in [5.74, 6) is 0.428. The van der Waals surface area contributed by atoms with Crippen molar-refractivity contribution >= 4 is 0 Å². The molecule has 0 radical (unpaired) electrons. The van der Waals surface area contributed by atoms with E-state index in [1.54, 1.807) is 10.9 Å². The van der Waals surface area contributed by atoms with Gasteiger partial charge in [-0.05, 0) is 5.41 Å². The first-order chi connectivity index (χ1) is 5.55.